The van der Waals surface area contributed by atoms with Crippen LogP contribution >= 0.6 is 35.4 Å². The fourth-order valence-corrected chi connectivity index (χ4v) is 4.33. The molecule has 4 N–H and O–H groups in total. The average Bonchev–Trinajstić information content (AvgIpc) is 3.46. The lowest BCUT2D eigenvalue weighted by atomic mass is 10.1. The Kier molecular flexibility index (Phi) is 9.36. The highest BCUT2D eigenvalue weighted by Crippen LogP contribution is 2.44. The molecule has 0 spiro atoms. The molecule has 38 heavy (non-hydrogen) atoms. The number of H-pyrrole nitrogens is 1. The highest BCUT2D eigenvalue weighted by atomic mass is 35.5. The first-order chi connectivity index (χ1) is 18.4. The maximum atomic E-state index is 9.53. The molecule has 5 rings (SSSR count). The Balaban J connectivity index is 0.000000283. The molecule has 0 amide bonds. The molecule has 8 nitrogen and oxygen atoms in total. The Morgan fingerprint density at radius 3 is 2.58 bits per heavy atom. The van der Waals surface area contributed by atoms with Crippen LogP contribution in [-0.4, -0.2) is 52.0 Å². The van der Waals surface area contributed by atoms with Crippen LogP contribution in [0.25, 0.3) is 11.3 Å². The zero-order chi connectivity index (χ0) is 27.1. The van der Waals surface area contributed by atoms with E-state index in [1.165, 1.54) is 0 Å². The van der Waals surface area contributed by atoms with E-state index in [1.807, 2.05) is 48.5 Å². The predicted molar refractivity (Wildman–Crippen MR) is 153 cm³/mol. The van der Waals surface area contributed by atoms with Crippen LogP contribution in [0.5, 0.6) is 11.5 Å². The van der Waals surface area contributed by atoms with Crippen molar-refractivity contribution < 1.29 is 19.7 Å². The Hall–Kier alpha value is -3.43. The quantitative estimate of drug-likeness (QED) is 0.130. The van der Waals surface area contributed by atoms with Gasteiger partial charge in [0.25, 0.3) is 0 Å². The average molecular weight is 571 g/mol. The van der Waals surface area contributed by atoms with Crippen molar-refractivity contribution in [3.05, 3.63) is 81.8 Å². The number of fused-ring (bicyclic) bond motifs is 3. The lowest BCUT2D eigenvalue weighted by molar-refractivity contribution is 0.0527. The van der Waals surface area contributed by atoms with Gasteiger partial charge in [-0.2, -0.15) is 10.1 Å². The number of methoxy groups -OCH3 is 1. The third-order valence-corrected chi connectivity index (χ3v) is 6.17. The highest BCUT2D eigenvalue weighted by Gasteiger charge is 2.27. The number of halogens is 2. The molecular formula is C27H24Cl2N4O4S. The van der Waals surface area contributed by atoms with Gasteiger partial charge >= 0.3 is 0 Å². The second-order valence-corrected chi connectivity index (χ2v) is 9.28. The van der Waals surface area contributed by atoms with Gasteiger partial charge in [-0.1, -0.05) is 35.3 Å². The van der Waals surface area contributed by atoms with Crippen molar-refractivity contribution in [2.75, 3.05) is 25.6 Å². The van der Waals surface area contributed by atoms with Gasteiger partial charge in [0.2, 0.25) is 0 Å². The first-order valence-corrected chi connectivity index (χ1v) is 12.6. The number of aliphatic imine (C=N–C) groups is 1. The first kappa shape index (κ1) is 27.6. The van der Waals surface area contributed by atoms with Gasteiger partial charge in [-0.25, -0.2) is 0 Å². The number of isothiocyanates is 1. The third kappa shape index (κ3) is 6.71. The van der Waals surface area contributed by atoms with E-state index in [9.17, 15) is 5.11 Å². The topological polar surface area (TPSA) is 112 Å². The Morgan fingerprint density at radius 1 is 1.13 bits per heavy atom. The predicted octanol–water partition coefficient (Wildman–Crippen LogP) is 6.19. The minimum Gasteiger partial charge on any atom is -0.493 e. The number of nitrogens with one attached hydrogen (secondary N) is 2. The molecule has 1 atom stereocenters. The SMILES string of the molecule is COc1cc2c(cc1OCC(O)CO)Cc1c(Nc3cccc(Cl)c3)n[nH]c1-2.S=C=Nc1cccc(Cl)c1. The number of aromatic nitrogens is 2. The lowest BCUT2D eigenvalue weighted by Gasteiger charge is -2.14. The van der Waals surface area contributed by atoms with E-state index in [1.54, 1.807) is 19.2 Å². The molecular weight excluding hydrogens is 547 g/mol. The minimum atomic E-state index is -0.941. The molecule has 1 aliphatic carbocycles. The number of ether oxygens (including phenoxy) is 2. The van der Waals surface area contributed by atoms with Crippen LogP contribution < -0.4 is 14.8 Å². The Labute approximate surface area is 234 Å². The summed E-state index contributed by atoms with van der Waals surface area (Å²) in [5.41, 5.74) is 5.63. The normalized spacial score (nSPS) is 11.8. The lowest BCUT2D eigenvalue weighted by Crippen LogP contribution is -2.21. The number of aromatic amines is 1. The first-order valence-electron chi connectivity index (χ1n) is 11.5. The largest absolute Gasteiger partial charge is 0.493 e. The number of hydrogen-bond acceptors (Lipinski definition) is 8. The number of thiocarbonyl (C=S) groups is 1. The van der Waals surface area contributed by atoms with Crippen LogP contribution in [0.2, 0.25) is 10.0 Å². The van der Waals surface area contributed by atoms with E-state index < -0.39 is 6.10 Å². The summed E-state index contributed by atoms with van der Waals surface area (Å²) in [6.45, 7) is -0.373. The monoisotopic (exact) mass is 570 g/mol. The molecule has 0 bridgehead atoms. The molecule has 4 aromatic rings. The van der Waals surface area contributed by atoms with E-state index >= 15 is 0 Å². The van der Waals surface area contributed by atoms with Crippen LogP contribution in [0.3, 0.4) is 0 Å². The Bertz CT molecular complexity index is 1470. The number of anilines is 2. The van der Waals surface area contributed by atoms with Gasteiger partial charge in [-0.3, -0.25) is 5.10 Å². The van der Waals surface area contributed by atoms with Crippen LogP contribution in [0.4, 0.5) is 17.2 Å². The molecule has 0 saturated heterocycles. The standard InChI is InChI=1S/C20H20ClN3O4.C7H4ClNS/c1-27-17-8-15-11(6-18(17)28-10-14(26)9-25)5-16-19(15)23-24-20(16)22-13-4-2-3-12(21)7-13;8-6-2-1-3-7(4-6)9-5-10/h2-4,6-8,14,25-26H,5,9-10H2,1H3,(H2,22,23,24);1-4H. The summed E-state index contributed by atoms with van der Waals surface area (Å²) in [7, 11) is 1.56. The summed E-state index contributed by atoms with van der Waals surface area (Å²) >= 11 is 16.1. The Morgan fingerprint density at radius 2 is 1.89 bits per heavy atom. The van der Waals surface area contributed by atoms with Crippen molar-refractivity contribution in [2.45, 2.75) is 12.5 Å². The third-order valence-electron chi connectivity index (χ3n) is 5.61. The van der Waals surface area contributed by atoms with Gasteiger partial charge in [-0.05, 0) is 66.3 Å². The zero-order valence-corrected chi connectivity index (χ0v) is 22.6. The summed E-state index contributed by atoms with van der Waals surface area (Å²) in [5.74, 6) is 1.82. The molecule has 1 heterocycles. The van der Waals surface area contributed by atoms with Crippen molar-refractivity contribution in [1.82, 2.24) is 10.2 Å². The maximum Gasteiger partial charge on any atom is 0.161 e. The number of benzene rings is 3. The van der Waals surface area contributed by atoms with Crippen LogP contribution in [0, 0.1) is 0 Å². The molecule has 196 valence electrons. The number of nitrogens with zero attached hydrogens (tertiary/aromatic N) is 2. The molecule has 0 saturated carbocycles. The summed E-state index contributed by atoms with van der Waals surface area (Å²) in [6.07, 6.45) is -0.268. The number of aliphatic hydroxyl groups excluding tert-OH is 2. The van der Waals surface area contributed by atoms with E-state index in [-0.39, 0.29) is 13.2 Å². The summed E-state index contributed by atoms with van der Waals surface area (Å²) in [4.78, 5) is 3.75. The number of aliphatic hydroxyl groups is 2. The highest BCUT2D eigenvalue weighted by molar-refractivity contribution is 7.78. The van der Waals surface area contributed by atoms with Gasteiger partial charge in [0.05, 0.1) is 30.3 Å². The van der Waals surface area contributed by atoms with Crippen molar-refractivity contribution in [1.29, 1.82) is 0 Å². The molecule has 1 aliphatic rings. The van der Waals surface area contributed by atoms with Crippen LogP contribution in [0.15, 0.2) is 65.7 Å². The summed E-state index contributed by atoms with van der Waals surface area (Å²) in [5, 5.41) is 32.9. The summed E-state index contributed by atoms with van der Waals surface area (Å²) < 4.78 is 11.1. The zero-order valence-electron chi connectivity index (χ0n) is 20.2. The molecule has 0 aliphatic heterocycles. The second kappa shape index (κ2) is 12.9. The van der Waals surface area contributed by atoms with Gasteiger partial charge in [-0.15, -0.1) is 0 Å². The molecule has 0 fully saturated rings. The van der Waals surface area contributed by atoms with Gasteiger partial charge in [0.15, 0.2) is 17.3 Å². The van der Waals surface area contributed by atoms with Crippen molar-refractivity contribution in [3.63, 3.8) is 0 Å². The van der Waals surface area contributed by atoms with E-state index in [4.69, 9.17) is 37.8 Å². The molecule has 1 aromatic heterocycles. The smallest absolute Gasteiger partial charge is 0.161 e. The maximum absolute atomic E-state index is 9.53. The summed E-state index contributed by atoms with van der Waals surface area (Å²) in [6, 6.07) is 18.4. The van der Waals surface area contributed by atoms with E-state index in [0.717, 1.165) is 39.6 Å². The van der Waals surface area contributed by atoms with Gasteiger partial charge in [0, 0.05) is 33.3 Å². The van der Waals surface area contributed by atoms with Gasteiger partial charge in [0.1, 0.15) is 12.7 Å². The molecule has 0 radical (unpaired) electrons. The minimum absolute atomic E-state index is 0.0138. The molecule has 3 aromatic carbocycles. The van der Waals surface area contributed by atoms with E-state index in [0.29, 0.717) is 28.0 Å². The second-order valence-electron chi connectivity index (χ2n) is 8.23. The van der Waals surface area contributed by atoms with Crippen molar-refractivity contribution in [2.24, 2.45) is 4.99 Å². The number of hydrogen-bond donors (Lipinski definition) is 4. The van der Waals surface area contributed by atoms with Crippen molar-refractivity contribution >= 4 is 57.8 Å². The number of rotatable bonds is 8. The molecule has 1 unspecified atom stereocenters. The fourth-order valence-electron chi connectivity index (χ4n) is 3.85. The van der Waals surface area contributed by atoms with Gasteiger partial charge < -0.3 is 25.0 Å². The van der Waals surface area contributed by atoms with Crippen LogP contribution in [0.1, 0.15) is 11.1 Å². The van der Waals surface area contributed by atoms with Crippen molar-refractivity contribution in [3.8, 4) is 22.8 Å². The van der Waals surface area contributed by atoms with E-state index in [2.05, 4.69) is 37.9 Å². The van der Waals surface area contributed by atoms with Crippen LogP contribution in [-0.2, 0) is 6.42 Å². The fraction of sp³-hybridized carbons (Fsp3) is 0.185. The molecule has 11 heteroatoms.